The highest BCUT2D eigenvalue weighted by Crippen LogP contribution is 2.30. The Morgan fingerprint density at radius 1 is 1.48 bits per heavy atom. The monoisotopic (exact) mass is 303 g/mol. The van der Waals surface area contributed by atoms with Crippen LogP contribution in [-0.4, -0.2) is 51.3 Å². The van der Waals surface area contributed by atoms with E-state index in [9.17, 15) is 19.1 Å². The topological polar surface area (TPSA) is 131 Å². The van der Waals surface area contributed by atoms with E-state index in [1.165, 1.54) is 6.20 Å². The van der Waals surface area contributed by atoms with E-state index in [0.29, 0.717) is 19.4 Å². The standard InChI is InChI=1S/C12H18FN3O5/c13-8-9(18)7(5-17)21-11(8)16-4-6(2-1-3-14)10(19)15-12(16)20/h4,7-9,11,17-18H,1-3,5,14H2,(H,15,19,20)/t7-,8-,9-,11-/m1/s1. The number of aliphatic hydroxyl groups is 2. The fraction of sp³-hybridized carbons (Fsp3) is 0.667. The zero-order valence-electron chi connectivity index (χ0n) is 11.2. The van der Waals surface area contributed by atoms with E-state index in [2.05, 4.69) is 4.98 Å². The molecule has 1 aromatic heterocycles. The van der Waals surface area contributed by atoms with E-state index in [0.717, 1.165) is 4.57 Å². The Bertz CT molecular complexity index is 601. The van der Waals surface area contributed by atoms with Crippen molar-refractivity contribution >= 4 is 0 Å². The first-order valence-electron chi connectivity index (χ1n) is 6.62. The molecule has 0 saturated carbocycles. The Labute approximate surface area is 119 Å². The second kappa shape index (κ2) is 6.48. The van der Waals surface area contributed by atoms with Crippen molar-refractivity contribution in [3.8, 4) is 0 Å². The number of halogens is 1. The molecule has 1 aromatic rings. The molecular weight excluding hydrogens is 285 g/mol. The molecule has 118 valence electrons. The number of aromatic amines is 1. The second-order valence-corrected chi connectivity index (χ2v) is 4.90. The molecule has 5 N–H and O–H groups in total. The first-order chi connectivity index (χ1) is 9.99. The summed E-state index contributed by atoms with van der Waals surface area (Å²) in [6.07, 6.45) is -3.84. The Hall–Kier alpha value is -1.55. The van der Waals surface area contributed by atoms with Crippen molar-refractivity contribution in [2.45, 2.75) is 37.4 Å². The highest BCUT2D eigenvalue weighted by molar-refractivity contribution is 5.06. The van der Waals surface area contributed by atoms with Crippen molar-refractivity contribution in [3.05, 3.63) is 32.6 Å². The number of ether oxygens (including phenoxy) is 1. The summed E-state index contributed by atoms with van der Waals surface area (Å²) in [5.74, 6) is 0. The van der Waals surface area contributed by atoms with Gasteiger partial charge in [-0.15, -0.1) is 0 Å². The number of nitrogens with one attached hydrogen (secondary N) is 1. The highest BCUT2D eigenvalue weighted by atomic mass is 19.1. The maximum Gasteiger partial charge on any atom is 0.330 e. The van der Waals surface area contributed by atoms with Gasteiger partial charge in [-0.25, -0.2) is 9.18 Å². The normalized spacial score (nSPS) is 29.0. The van der Waals surface area contributed by atoms with Gasteiger partial charge in [0.25, 0.3) is 5.56 Å². The van der Waals surface area contributed by atoms with Crippen molar-refractivity contribution in [1.29, 1.82) is 0 Å². The number of hydrogen-bond donors (Lipinski definition) is 4. The lowest BCUT2D eigenvalue weighted by atomic mass is 10.1. The molecule has 1 fully saturated rings. The van der Waals surface area contributed by atoms with Crippen LogP contribution < -0.4 is 17.0 Å². The average molecular weight is 303 g/mol. The molecule has 0 amide bonds. The molecule has 0 aliphatic carbocycles. The van der Waals surface area contributed by atoms with Crippen LogP contribution in [0.15, 0.2) is 15.8 Å². The SMILES string of the molecule is NCCCc1cn([C@@H]2O[C@H](CO)[C@@H](O)[C@H]2F)c(=O)[nH]c1=O. The van der Waals surface area contributed by atoms with Gasteiger partial charge in [0.05, 0.1) is 6.61 Å². The number of rotatable bonds is 5. The second-order valence-electron chi connectivity index (χ2n) is 4.90. The van der Waals surface area contributed by atoms with Gasteiger partial charge < -0.3 is 20.7 Å². The van der Waals surface area contributed by atoms with Crippen LogP contribution in [0.5, 0.6) is 0 Å². The number of aliphatic hydroxyl groups excluding tert-OH is 2. The van der Waals surface area contributed by atoms with Crippen LogP contribution in [0.2, 0.25) is 0 Å². The van der Waals surface area contributed by atoms with Crippen molar-refractivity contribution in [2.75, 3.05) is 13.2 Å². The van der Waals surface area contributed by atoms with E-state index in [1.807, 2.05) is 0 Å². The number of aryl methyl sites for hydroxylation is 1. The maximum atomic E-state index is 14.0. The van der Waals surface area contributed by atoms with Crippen LogP contribution in [0.4, 0.5) is 4.39 Å². The zero-order chi connectivity index (χ0) is 15.6. The summed E-state index contributed by atoms with van der Waals surface area (Å²) < 4.78 is 20.0. The number of aromatic nitrogens is 2. The van der Waals surface area contributed by atoms with Gasteiger partial charge >= 0.3 is 5.69 Å². The minimum Gasteiger partial charge on any atom is -0.394 e. The molecular formula is C12H18FN3O5. The molecule has 0 aromatic carbocycles. The minimum atomic E-state index is -1.88. The van der Waals surface area contributed by atoms with Gasteiger partial charge in [0.1, 0.15) is 12.2 Å². The van der Waals surface area contributed by atoms with Gasteiger partial charge in [-0.05, 0) is 19.4 Å². The van der Waals surface area contributed by atoms with Crippen LogP contribution in [0.1, 0.15) is 18.2 Å². The summed E-state index contributed by atoms with van der Waals surface area (Å²) in [7, 11) is 0. The molecule has 2 heterocycles. The molecule has 4 atom stereocenters. The minimum absolute atomic E-state index is 0.276. The third kappa shape index (κ3) is 3.05. The number of alkyl halides is 1. The number of nitrogens with two attached hydrogens (primary N) is 1. The molecule has 1 aliphatic rings. The summed E-state index contributed by atoms with van der Waals surface area (Å²) in [4.78, 5) is 25.5. The van der Waals surface area contributed by atoms with Crippen molar-refractivity contribution in [3.63, 3.8) is 0 Å². The summed E-state index contributed by atoms with van der Waals surface area (Å²) in [5.41, 5.74) is 4.25. The van der Waals surface area contributed by atoms with E-state index in [-0.39, 0.29) is 5.56 Å². The van der Waals surface area contributed by atoms with Crippen LogP contribution in [0.3, 0.4) is 0 Å². The lowest BCUT2D eigenvalue weighted by molar-refractivity contribution is -0.0492. The van der Waals surface area contributed by atoms with Gasteiger partial charge in [0.15, 0.2) is 12.4 Å². The molecule has 1 aliphatic heterocycles. The van der Waals surface area contributed by atoms with Crippen LogP contribution in [0.25, 0.3) is 0 Å². The molecule has 0 bridgehead atoms. The Kier molecular flexibility index (Phi) is 4.88. The molecule has 8 nitrogen and oxygen atoms in total. The van der Waals surface area contributed by atoms with Crippen LogP contribution in [-0.2, 0) is 11.2 Å². The van der Waals surface area contributed by atoms with E-state index < -0.39 is 42.5 Å². The maximum absolute atomic E-state index is 14.0. The van der Waals surface area contributed by atoms with Crippen molar-refractivity contribution in [2.24, 2.45) is 5.73 Å². The molecule has 0 unspecified atom stereocenters. The van der Waals surface area contributed by atoms with Gasteiger partial charge in [0, 0.05) is 11.8 Å². The Morgan fingerprint density at radius 2 is 2.19 bits per heavy atom. The molecule has 21 heavy (non-hydrogen) atoms. The Morgan fingerprint density at radius 3 is 2.76 bits per heavy atom. The lowest BCUT2D eigenvalue weighted by Gasteiger charge is -2.16. The third-order valence-electron chi connectivity index (χ3n) is 3.44. The fourth-order valence-electron chi connectivity index (χ4n) is 2.27. The van der Waals surface area contributed by atoms with E-state index in [1.54, 1.807) is 0 Å². The fourth-order valence-corrected chi connectivity index (χ4v) is 2.27. The smallest absolute Gasteiger partial charge is 0.330 e. The molecule has 1 saturated heterocycles. The van der Waals surface area contributed by atoms with Gasteiger partial charge in [-0.3, -0.25) is 14.3 Å². The Balaban J connectivity index is 2.35. The number of hydrogen-bond acceptors (Lipinski definition) is 6. The molecule has 2 rings (SSSR count). The zero-order valence-corrected chi connectivity index (χ0v) is 11.2. The first-order valence-corrected chi connectivity index (χ1v) is 6.62. The van der Waals surface area contributed by atoms with Crippen molar-refractivity contribution in [1.82, 2.24) is 9.55 Å². The van der Waals surface area contributed by atoms with E-state index >= 15 is 0 Å². The molecule has 0 radical (unpaired) electrons. The summed E-state index contributed by atoms with van der Waals surface area (Å²) in [6, 6.07) is 0. The third-order valence-corrected chi connectivity index (χ3v) is 3.44. The predicted molar refractivity (Wildman–Crippen MR) is 70.6 cm³/mol. The largest absolute Gasteiger partial charge is 0.394 e. The molecule has 0 spiro atoms. The van der Waals surface area contributed by atoms with Gasteiger partial charge in [-0.1, -0.05) is 0 Å². The van der Waals surface area contributed by atoms with E-state index in [4.69, 9.17) is 15.6 Å². The average Bonchev–Trinajstić information content (AvgIpc) is 2.74. The number of H-pyrrole nitrogens is 1. The van der Waals surface area contributed by atoms with Gasteiger partial charge in [-0.2, -0.15) is 0 Å². The first kappa shape index (κ1) is 15.8. The quantitative estimate of drug-likeness (QED) is 0.498. The summed E-state index contributed by atoms with van der Waals surface area (Å²) >= 11 is 0. The lowest BCUT2D eigenvalue weighted by Crippen LogP contribution is -2.37. The van der Waals surface area contributed by atoms with Crippen molar-refractivity contribution < 1.29 is 19.3 Å². The summed E-state index contributed by atoms with van der Waals surface area (Å²) in [6.45, 7) is -0.203. The van der Waals surface area contributed by atoms with Crippen LogP contribution in [0, 0.1) is 0 Å². The van der Waals surface area contributed by atoms with Gasteiger partial charge in [0.2, 0.25) is 0 Å². The summed E-state index contributed by atoms with van der Waals surface area (Å²) in [5, 5.41) is 18.6. The predicted octanol–water partition coefficient (Wildman–Crippen LogP) is -1.98. The van der Waals surface area contributed by atoms with Crippen LogP contribution >= 0.6 is 0 Å². The highest BCUT2D eigenvalue weighted by Gasteiger charge is 2.45. The number of nitrogens with zero attached hydrogens (tertiary/aromatic N) is 1. The molecule has 9 heteroatoms.